The summed E-state index contributed by atoms with van der Waals surface area (Å²) in [6.45, 7) is 3.26. The van der Waals surface area contributed by atoms with Gasteiger partial charge in [0.15, 0.2) is 0 Å². The number of ether oxygens (including phenoxy) is 1. The van der Waals surface area contributed by atoms with Crippen molar-refractivity contribution in [1.29, 1.82) is 0 Å². The summed E-state index contributed by atoms with van der Waals surface area (Å²) >= 11 is 0. The van der Waals surface area contributed by atoms with Crippen LogP contribution in [-0.4, -0.2) is 20.2 Å². The lowest BCUT2D eigenvalue weighted by Gasteiger charge is -2.19. The van der Waals surface area contributed by atoms with E-state index >= 15 is 0 Å². The molecule has 0 amide bonds. The Hall–Kier alpha value is -1.50. The molecule has 1 fully saturated rings. The van der Waals surface area contributed by atoms with Gasteiger partial charge in [-0.25, -0.2) is 9.82 Å². The maximum Gasteiger partial charge on any atom is 0.123 e. The van der Waals surface area contributed by atoms with Crippen LogP contribution in [-0.2, 0) is 17.9 Å². The molecule has 3 N–H and O–H groups in total. The summed E-state index contributed by atoms with van der Waals surface area (Å²) in [5.74, 6) is 0.222. The largest absolute Gasteiger partial charge is 0.380 e. The van der Waals surface area contributed by atoms with Gasteiger partial charge in [-0.2, -0.15) is 0 Å². The minimum atomic E-state index is -0.198. The van der Waals surface area contributed by atoms with Crippen molar-refractivity contribution in [3.63, 3.8) is 0 Å². The normalized spacial score (nSPS) is 19.6. The first-order valence-corrected chi connectivity index (χ1v) is 8.27. The van der Waals surface area contributed by atoms with E-state index in [1.54, 1.807) is 7.11 Å². The zero-order valence-corrected chi connectivity index (χ0v) is 15.1. The van der Waals surface area contributed by atoms with E-state index in [0.717, 1.165) is 25.2 Å². The Morgan fingerprint density at radius 1 is 1.08 bits per heavy atom. The van der Waals surface area contributed by atoms with Crippen LogP contribution in [0.2, 0.25) is 0 Å². The van der Waals surface area contributed by atoms with Gasteiger partial charge in [-0.05, 0) is 28.8 Å². The zero-order valence-electron chi connectivity index (χ0n) is 14.3. The Morgan fingerprint density at radius 3 is 2.44 bits per heavy atom. The molecule has 0 radical (unpaired) electrons. The van der Waals surface area contributed by atoms with Gasteiger partial charge in [0, 0.05) is 32.7 Å². The molecule has 0 aromatic heterocycles. The van der Waals surface area contributed by atoms with E-state index in [0.29, 0.717) is 12.5 Å². The second kappa shape index (κ2) is 9.85. The molecule has 1 aliphatic rings. The highest BCUT2D eigenvalue weighted by Gasteiger charge is 2.27. The molecule has 0 aliphatic carbocycles. The molecule has 1 aliphatic heterocycles. The van der Waals surface area contributed by atoms with Crippen LogP contribution in [0.4, 0.5) is 4.39 Å². The number of nitrogens with one attached hydrogen (secondary N) is 3. The number of benzene rings is 2. The molecule has 136 valence electrons. The van der Waals surface area contributed by atoms with Gasteiger partial charge in [-0.3, -0.25) is 5.43 Å². The average molecular weight is 366 g/mol. The minimum Gasteiger partial charge on any atom is -0.380 e. The SMILES string of the molecule is COCc1ccc(CNCC2CNNC2c2ccc(F)cc2)cc1.Cl. The van der Waals surface area contributed by atoms with Crippen molar-refractivity contribution in [2.24, 2.45) is 5.92 Å². The van der Waals surface area contributed by atoms with E-state index in [-0.39, 0.29) is 24.3 Å². The van der Waals surface area contributed by atoms with Crippen LogP contribution in [0.3, 0.4) is 0 Å². The van der Waals surface area contributed by atoms with Gasteiger partial charge in [0.05, 0.1) is 12.6 Å². The fourth-order valence-corrected chi connectivity index (χ4v) is 3.07. The third kappa shape index (κ3) is 5.49. The third-order valence-corrected chi connectivity index (χ3v) is 4.39. The van der Waals surface area contributed by atoms with E-state index in [9.17, 15) is 4.39 Å². The van der Waals surface area contributed by atoms with Crippen molar-refractivity contribution in [2.45, 2.75) is 19.2 Å². The molecule has 4 nitrogen and oxygen atoms in total. The van der Waals surface area contributed by atoms with Crippen molar-refractivity contribution in [3.05, 3.63) is 71.0 Å². The predicted molar refractivity (Wildman–Crippen MR) is 99.9 cm³/mol. The molecule has 1 heterocycles. The number of hydrogen-bond donors (Lipinski definition) is 3. The van der Waals surface area contributed by atoms with Gasteiger partial charge in [0.25, 0.3) is 0 Å². The molecular formula is C19H25ClFN3O. The highest BCUT2D eigenvalue weighted by molar-refractivity contribution is 5.85. The number of rotatable bonds is 7. The first kappa shape index (κ1) is 19.8. The number of halogens is 2. The molecular weight excluding hydrogens is 341 g/mol. The lowest BCUT2D eigenvalue weighted by Crippen LogP contribution is -2.28. The monoisotopic (exact) mass is 365 g/mol. The summed E-state index contributed by atoms with van der Waals surface area (Å²) in [5, 5.41) is 3.52. The Kier molecular flexibility index (Phi) is 7.81. The van der Waals surface area contributed by atoms with Gasteiger partial charge in [-0.1, -0.05) is 36.4 Å². The van der Waals surface area contributed by atoms with Crippen LogP contribution in [0.25, 0.3) is 0 Å². The van der Waals surface area contributed by atoms with Gasteiger partial charge in [0.1, 0.15) is 5.82 Å². The van der Waals surface area contributed by atoms with Crippen molar-refractivity contribution in [2.75, 3.05) is 20.2 Å². The fraction of sp³-hybridized carbons (Fsp3) is 0.368. The minimum absolute atomic E-state index is 0. The Labute approximate surface area is 154 Å². The summed E-state index contributed by atoms with van der Waals surface area (Å²) in [6, 6.07) is 15.4. The molecule has 2 aromatic rings. The summed E-state index contributed by atoms with van der Waals surface area (Å²) in [4.78, 5) is 0. The van der Waals surface area contributed by atoms with Crippen LogP contribution >= 0.6 is 12.4 Å². The van der Waals surface area contributed by atoms with Crippen molar-refractivity contribution in [1.82, 2.24) is 16.2 Å². The van der Waals surface area contributed by atoms with E-state index in [1.165, 1.54) is 23.3 Å². The van der Waals surface area contributed by atoms with Crippen LogP contribution in [0.5, 0.6) is 0 Å². The highest BCUT2D eigenvalue weighted by Crippen LogP contribution is 2.24. The predicted octanol–water partition coefficient (Wildman–Crippen LogP) is 2.95. The van der Waals surface area contributed by atoms with E-state index in [2.05, 4.69) is 40.4 Å². The molecule has 0 saturated carbocycles. The second-order valence-corrected chi connectivity index (χ2v) is 6.19. The number of methoxy groups -OCH3 is 1. The maximum atomic E-state index is 13.1. The Bertz CT molecular complexity index is 636. The van der Waals surface area contributed by atoms with Gasteiger partial charge < -0.3 is 10.1 Å². The molecule has 2 aromatic carbocycles. The fourth-order valence-electron chi connectivity index (χ4n) is 3.07. The van der Waals surface area contributed by atoms with Gasteiger partial charge in [-0.15, -0.1) is 12.4 Å². The standard InChI is InChI=1S/C19H24FN3O.ClH/c1-24-13-15-4-2-14(3-5-15)10-21-11-17-12-22-23-19(17)16-6-8-18(20)9-7-16;/h2-9,17,19,21-23H,10-13H2,1H3;1H. The molecule has 6 heteroatoms. The summed E-state index contributed by atoms with van der Waals surface area (Å²) in [6.07, 6.45) is 0. The van der Waals surface area contributed by atoms with Gasteiger partial charge >= 0.3 is 0 Å². The topological polar surface area (TPSA) is 45.3 Å². The summed E-state index contributed by atoms with van der Waals surface area (Å²) in [5.41, 5.74) is 10.0. The Balaban J connectivity index is 0.00000225. The van der Waals surface area contributed by atoms with E-state index < -0.39 is 0 Å². The lowest BCUT2D eigenvalue weighted by molar-refractivity contribution is 0.185. The van der Waals surface area contributed by atoms with Crippen molar-refractivity contribution >= 4 is 12.4 Å². The van der Waals surface area contributed by atoms with Crippen LogP contribution in [0.15, 0.2) is 48.5 Å². The van der Waals surface area contributed by atoms with E-state index in [4.69, 9.17) is 4.74 Å². The molecule has 2 unspecified atom stereocenters. The van der Waals surface area contributed by atoms with Crippen LogP contribution in [0.1, 0.15) is 22.7 Å². The van der Waals surface area contributed by atoms with Crippen LogP contribution in [0, 0.1) is 11.7 Å². The van der Waals surface area contributed by atoms with Gasteiger partial charge in [0.2, 0.25) is 0 Å². The average Bonchev–Trinajstić information content (AvgIpc) is 3.06. The quantitative estimate of drug-likeness (QED) is 0.706. The molecule has 0 bridgehead atoms. The molecule has 1 saturated heterocycles. The Morgan fingerprint density at radius 2 is 1.76 bits per heavy atom. The smallest absolute Gasteiger partial charge is 0.123 e. The summed E-state index contributed by atoms with van der Waals surface area (Å²) in [7, 11) is 1.71. The first-order valence-electron chi connectivity index (χ1n) is 8.27. The van der Waals surface area contributed by atoms with Crippen LogP contribution < -0.4 is 16.2 Å². The molecule has 3 rings (SSSR count). The second-order valence-electron chi connectivity index (χ2n) is 6.19. The van der Waals surface area contributed by atoms with Crippen molar-refractivity contribution in [3.8, 4) is 0 Å². The molecule has 0 spiro atoms. The number of hydrazine groups is 1. The zero-order chi connectivity index (χ0) is 16.8. The molecule has 2 atom stereocenters. The summed E-state index contributed by atoms with van der Waals surface area (Å²) < 4.78 is 18.2. The van der Waals surface area contributed by atoms with Crippen molar-refractivity contribution < 1.29 is 9.13 Å². The molecule has 25 heavy (non-hydrogen) atoms. The highest BCUT2D eigenvalue weighted by atomic mass is 35.5. The first-order chi connectivity index (χ1) is 11.8. The third-order valence-electron chi connectivity index (χ3n) is 4.39. The maximum absolute atomic E-state index is 13.1. The lowest BCUT2D eigenvalue weighted by atomic mass is 9.95. The van der Waals surface area contributed by atoms with E-state index in [1.807, 2.05) is 12.1 Å². The number of hydrogen-bond acceptors (Lipinski definition) is 4.